The third kappa shape index (κ3) is 4.20. The first kappa shape index (κ1) is 23.2. The van der Waals surface area contributed by atoms with Crippen molar-refractivity contribution in [3.05, 3.63) is 111 Å². The fourth-order valence-corrected chi connectivity index (χ4v) is 5.36. The van der Waals surface area contributed by atoms with Crippen LogP contribution in [0.5, 0.6) is 17.2 Å². The second kappa shape index (κ2) is 9.41. The molecule has 6 aromatic rings. The molecule has 192 valence electrons. The minimum Gasteiger partial charge on any atom is -0.497 e. The average molecular weight is 536 g/mol. The van der Waals surface area contributed by atoms with Gasteiger partial charge < -0.3 is 14.2 Å². The normalized spacial score (nSPS) is 15.1. The lowest BCUT2D eigenvalue weighted by Crippen LogP contribution is -2.26. The largest absolute Gasteiger partial charge is 0.497 e. The lowest BCUT2D eigenvalue weighted by Gasteiger charge is -2.24. The molecule has 9 nitrogen and oxygen atoms in total. The summed E-state index contributed by atoms with van der Waals surface area (Å²) in [6, 6.07) is 25.0. The second-order valence-electron chi connectivity index (χ2n) is 8.89. The Kier molecular flexibility index (Phi) is 5.59. The molecule has 0 fully saturated rings. The van der Waals surface area contributed by atoms with Crippen molar-refractivity contribution in [1.82, 2.24) is 24.4 Å². The van der Waals surface area contributed by atoms with Gasteiger partial charge in [-0.25, -0.2) is 4.68 Å². The Balaban J connectivity index is 1.28. The fraction of sp³-hybridized carbons (Fsp3) is 0.103. The van der Waals surface area contributed by atoms with Crippen molar-refractivity contribution in [2.45, 2.75) is 6.10 Å². The molecular weight excluding hydrogens is 514 g/mol. The van der Waals surface area contributed by atoms with Crippen LogP contribution in [0.1, 0.15) is 17.5 Å². The van der Waals surface area contributed by atoms with Crippen molar-refractivity contribution < 1.29 is 14.2 Å². The molecule has 0 N–H and O–H groups in total. The van der Waals surface area contributed by atoms with Crippen LogP contribution in [0.25, 0.3) is 28.0 Å². The van der Waals surface area contributed by atoms with Crippen LogP contribution in [0.15, 0.2) is 89.9 Å². The van der Waals surface area contributed by atoms with Gasteiger partial charge in [0.05, 0.1) is 17.3 Å². The van der Waals surface area contributed by atoms with E-state index in [9.17, 15) is 4.79 Å². The Morgan fingerprint density at radius 2 is 1.74 bits per heavy atom. The second-order valence-corrected chi connectivity index (χ2v) is 9.90. The fourth-order valence-electron chi connectivity index (χ4n) is 4.45. The number of nitrogens with zero attached hydrogens (tertiary/aromatic N) is 5. The third-order valence-corrected chi connectivity index (χ3v) is 7.37. The Hall–Kier alpha value is -4.96. The van der Waals surface area contributed by atoms with Gasteiger partial charge in [-0.2, -0.15) is 14.6 Å². The smallest absolute Gasteiger partial charge is 0.291 e. The summed E-state index contributed by atoms with van der Waals surface area (Å²) in [7, 11) is 1.63. The first-order valence-electron chi connectivity index (χ1n) is 12.3. The summed E-state index contributed by atoms with van der Waals surface area (Å²) in [4.78, 5) is 18.4. The number of rotatable bonds is 5. The predicted octanol–water partition coefficient (Wildman–Crippen LogP) is 4.07. The number of ether oxygens (including phenoxy) is 3. The number of thiazole rings is 1. The van der Waals surface area contributed by atoms with E-state index >= 15 is 0 Å². The number of aromatic nitrogens is 5. The van der Waals surface area contributed by atoms with E-state index in [-0.39, 0.29) is 12.2 Å². The predicted molar refractivity (Wildman–Crippen MR) is 147 cm³/mol. The Bertz CT molecular complexity index is 1910. The topological polar surface area (TPSA) is 92.8 Å². The van der Waals surface area contributed by atoms with Gasteiger partial charge >= 0.3 is 0 Å². The summed E-state index contributed by atoms with van der Waals surface area (Å²) in [6.45, 7) is 0.270. The summed E-state index contributed by atoms with van der Waals surface area (Å²) in [5.74, 6) is 2.48. The number of benzene rings is 3. The maximum Gasteiger partial charge on any atom is 0.291 e. The highest BCUT2D eigenvalue weighted by Gasteiger charge is 2.27. The van der Waals surface area contributed by atoms with E-state index in [4.69, 9.17) is 19.3 Å². The highest BCUT2D eigenvalue weighted by atomic mass is 32.1. The first-order chi connectivity index (χ1) is 19.2. The van der Waals surface area contributed by atoms with Crippen molar-refractivity contribution in [1.29, 1.82) is 0 Å². The molecule has 1 aliphatic heterocycles. The molecule has 7 rings (SSSR count). The maximum atomic E-state index is 13.4. The van der Waals surface area contributed by atoms with Crippen molar-refractivity contribution in [3.63, 3.8) is 0 Å². The van der Waals surface area contributed by atoms with Crippen LogP contribution >= 0.6 is 11.3 Å². The number of hydrogen-bond donors (Lipinski definition) is 0. The van der Waals surface area contributed by atoms with Crippen LogP contribution in [0.4, 0.5) is 0 Å². The van der Waals surface area contributed by atoms with Gasteiger partial charge in [-0.1, -0.05) is 41.7 Å². The third-order valence-electron chi connectivity index (χ3n) is 6.41. The minimum atomic E-state index is -0.496. The standard InChI is InChI=1S/C29H21N5O4S/c1-36-21-13-11-18(12-14-21)26-19(16-33(31-26)20-7-3-2-4-8-20)15-25-28(35)34-29(39-25)30-27(32-34)24-17-37-22-9-5-6-10-23(22)38-24/h2-16,24H,17H2,1H3/b25-15-. The Morgan fingerprint density at radius 3 is 2.51 bits per heavy atom. The van der Waals surface area contributed by atoms with Crippen molar-refractivity contribution in [2.75, 3.05) is 13.7 Å². The van der Waals surface area contributed by atoms with Crippen LogP contribution in [-0.4, -0.2) is 38.1 Å². The quantitative estimate of drug-likeness (QED) is 0.329. The van der Waals surface area contributed by atoms with Crippen LogP contribution in [0.2, 0.25) is 0 Å². The van der Waals surface area contributed by atoms with Gasteiger partial charge in [0.1, 0.15) is 18.1 Å². The zero-order valence-electron chi connectivity index (χ0n) is 20.7. The number of methoxy groups -OCH3 is 1. The van der Waals surface area contributed by atoms with Crippen molar-refractivity contribution in [2.24, 2.45) is 0 Å². The van der Waals surface area contributed by atoms with Crippen molar-refractivity contribution >= 4 is 22.4 Å². The highest BCUT2D eigenvalue weighted by Crippen LogP contribution is 2.35. The summed E-state index contributed by atoms with van der Waals surface area (Å²) in [6.07, 6.45) is 3.26. The molecular formula is C29H21N5O4S. The molecule has 0 spiro atoms. The molecule has 3 aromatic carbocycles. The summed E-state index contributed by atoms with van der Waals surface area (Å²) in [5.41, 5.74) is 3.11. The Labute approximate surface area is 226 Å². The molecule has 0 radical (unpaired) electrons. The molecule has 1 aliphatic rings. The van der Waals surface area contributed by atoms with Crippen LogP contribution in [-0.2, 0) is 0 Å². The molecule has 0 bridgehead atoms. The molecule has 0 aliphatic carbocycles. The molecule has 0 saturated carbocycles. The van der Waals surface area contributed by atoms with Crippen LogP contribution in [0.3, 0.4) is 0 Å². The average Bonchev–Trinajstić information content (AvgIpc) is 3.68. The van der Waals surface area contributed by atoms with Gasteiger partial charge in [0.25, 0.3) is 5.56 Å². The van der Waals surface area contributed by atoms with E-state index in [0.717, 1.165) is 28.3 Å². The van der Waals surface area contributed by atoms with Gasteiger partial charge in [0.15, 0.2) is 23.4 Å². The lowest BCUT2D eigenvalue weighted by molar-refractivity contribution is 0.0852. The zero-order chi connectivity index (χ0) is 26.3. The number of fused-ring (bicyclic) bond motifs is 2. The molecule has 3 aromatic heterocycles. The molecule has 0 amide bonds. The van der Waals surface area contributed by atoms with Gasteiger partial charge in [-0.15, -0.1) is 5.10 Å². The first-order valence-corrected chi connectivity index (χ1v) is 13.1. The molecule has 39 heavy (non-hydrogen) atoms. The minimum absolute atomic E-state index is 0.251. The number of para-hydroxylation sites is 3. The monoisotopic (exact) mass is 535 g/mol. The van der Waals surface area contributed by atoms with E-state index in [1.807, 2.05) is 95.8 Å². The van der Waals surface area contributed by atoms with E-state index in [1.54, 1.807) is 7.11 Å². The highest BCUT2D eigenvalue weighted by molar-refractivity contribution is 7.15. The van der Waals surface area contributed by atoms with Gasteiger partial charge in [0.2, 0.25) is 4.96 Å². The number of hydrogen-bond acceptors (Lipinski definition) is 8. The zero-order valence-corrected chi connectivity index (χ0v) is 21.5. The lowest BCUT2D eigenvalue weighted by atomic mass is 10.1. The van der Waals surface area contributed by atoms with Crippen molar-refractivity contribution in [3.8, 4) is 34.2 Å². The summed E-state index contributed by atoms with van der Waals surface area (Å²) >= 11 is 1.27. The maximum absolute atomic E-state index is 13.4. The SMILES string of the molecule is COc1ccc(-c2nn(-c3ccccc3)cc2/C=c2\sc3nc(C4COc5ccccc5O4)nn3c2=O)cc1. The van der Waals surface area contributed by atoms with Crippen LogP contribution in [0, 0.1) is 0 Å². The van der Waals surface area contributed by atoms with Gasteiger partial charge in [-0.05, 0) is 54.6 Å². The molecule has 1 atom stereocenters. The van der Waals surface area contributed by atoms with E-state index in [2.05, 4.69) is 10.1 Å². The van der Waals surface area contributed by atoms with Gasteiger partial charge in [-0.3, -0.25) is 4.79 Å². The van der Waals surface area contributed by atoms with Gasteiger partial charge in [0, 0.05) is 17.3 Å². The molecule has 4 heterocycles. The summed E-state index contributed by atoms with van der Waals surface area (Å²) in [5, 5.41) is 9.31. The van der Waals surface area contributed by atoms with Crippen LogP contribution < -0.4 is 24.3 Å². The Morgan fingerprint density at radius 1 is 0.974 bits per heavy atom. The van der Waals surface area contributed by atoms with E-state index in [1.165, 1.54) is 15.9 Å². The molecule has 10 heteroatoms. The summed E-state index contributed by atoms with van der Waals surface area (Å²) < 4.78 is 20.8. The van der Waals surface area contributed by atoms with E-state index in [0.29, 0.717) is 26.8 Å². The molecule has 0 saturated heterocycles. The molecule has 1 unspecified atom stereocenters. The van der Waals surface area contributed by atoms with E-state index < -0.39 is 6.10 Å².